The minimum absolute atomic E-state index is 0.124. The van der Waals surface area contributed by atoms with Gasteiger partial charge in [0.05, 0.1) is 17.7 Å². The molecule has 2 amide bonds. The number of nitrogens with zero attached hydrogens (tertiary/aromatic N) is 1. The van der Waals surface area contributed by atoms with Crippen molar-refractivity contribution in [2.45, 2.75) is 13.8 Å². The third-order valence-electron chi connectivity index (χ3n) is 3.51. The van der Waals surface area contributed by atoms with Crippen LogP contribution in [0.4, 0.5) is 17.1 Å². The van der Waals surface area contributed by atoms with Crippen molar-refractivity contribution in [3.63, 3.8) is 0 Å². The van der Waals surface area contributed by atoms with Crippen LogP contribution in [0.1, 0.15) is 22.8 Å². The Kier molecular flexibility index (Phi) is 5.33. The topological polar surface area (TPSA) is 111 Å². The number of ether oxygens (including phenoxy) is 1. The zero-order valence-corrected chi connectivity index (χ0v) is 14.0. The molecule has 0 saturated carbocycles. The molecule has 2 aromatic rings. The minimum atomic E-state index is -0.533. The van der Waals surface area contributed by atoms with Crippen molar-refractivity contribution >= 4 is 28.9 Å². The van der Waals surface area contributed by atoms with Gasteiger partial charge in [0.2, 0.25) is 5.91 Å². The monoisotopic (exact) mass is 343 g/mol. The number of amides is 2. The summed E-state index contributed by atoms with van der Waals surface area (Å²) in [5.74, 6) is -0.323. The molecule has 130 valence electrons. The fourth-order valence-corrected chi connectivity index (χ4v) is 2.34. The first kappa shape index (κ1) is 17.9. The molecule has 0 atom stereocenters. The van der Waals surface area contributed by atoms with Gasteiger partial charge in [0.15, 0.2) is 0 Å². The molecule has 25 heavy (non-hydrogen) atoms. The third kappa shape index (κ3) is 4.11. The van der Waals surface area contributed by atoms with Gasteiger partial charge in [-0.2, -0.15) is 0 Å². The van der Waals surface area contributed by atoms with Crippen LogP contribution in [-0.2, 0) is 4.79 Å². The quantitative estimate of drug-likeness (QED) is 0.640. The van der Waals surface area contributed by atoms with E-state index in [-0.39, 0.29) is 22.7 Å². The Morgan fingerprint density at radius 1 is 1.16 bits per heavy atom. The van der Waals surface area contributed by atoms with E-state index >= 15 is 0 Å². The number of nitrogens with one attached hydrogen (secondary N) is 2. The fourth-order valence-electron chi connectivity index (χ4n) is 2.34. The number of nitro groups is 1. The highest BCUT2D eigenvalue weighted by atomic mass is 16.6. The molecular weight excluding hydrogens is 326 g/mol. The van der Waals surface area contributed by atoms with Crippen molar-refractivity contribution in [3.05, 3.63) is 57.6 Å². The van der Waals surface area contributed by atoms with E-state index in [1.165, 1.54) is 39.2 Å². The summed E-state index contributed by atoms with van der Waals surface area (Å²) in [5.41, 5.74) is 1.18. The first-order valence-corrected chi connectivity index (χ1v) is 7.34. The number of anilines is 2. The standard InChI is InChI=1S/C17H17N3O5/c1-10-13(5-4-6-15(10)20(23)24)17(22)19-12-7-8-16(25-3)14(9-12)18-11(2)21/h4-9H,1-3H3,(H,18,21)(H,19,22). The van der Waals surface area contributed by atoms with Crippen LogP contribution in [0.15, 0.2) is 36.4 Å². The van der Waals surface area contributed by atoms with Gasteiger partial charge >= 0.3 is 0 Å². The number of carbonyl (C=O) groups is 2. The number of methoxy groups -OCH3 is 1. The Balaban J connectivity index is 2.31. The van der Waals surface area contributed by atoms with Gasteiger partial charge in [0.1, 0.15) is 5.75 Å². The van der Waals surface area contributed by atoms with Gasteiger partial charge in [0, 0.05) is 29.8 Å². The van der Waals surface area contributed by atoms with Crippen LogP contribution >= 0.6 is 0 Å². The lowest BCUT2D eigenvalue weighted by atomic mass is 10.1. The van der Waals surface area contributed by atoms with E-state index < -0.39 is 10.8 Å². The van der Waals surface area contributed by atoms with Crippen LogP contribution in [0.3, 0.4) is 0 Å². The minimum Gasteiger partial charge on any atom is -0.495 e. The largest absolute Gasteiger partial charge is 0.495 e. The molecule has 2 aromatic carbocycles. The Morgan fingerprint density at radius 2 is 1.88 bits per heavy atom. The van der Waals surface area contributed by atoms with Gasteiger partial charge in [-0.3, -0.25) is 19.7 Å². The van der Waals surface area contributed by atoms with Gasteiger partial charge in [0.25, 0.3) is 11.6 Å². The molecule has 0 saturated heterocycles. The van der Waals surface area contributed by atoms with Crippen LogP contribution in [0.25, 0.3) is 0 Å². The first-order valence-electron chi connectivity index (χ1n) is 7.34. The van der Waals surface area contributed by atoms with Gasteiger partial charge in [-0.15, -0.1) is 0 Å². The highest BCUT2D eigenvalue weighted by Gasteiger charge is 2.18. The predicted octanol–water partition coefficient (Wildman–Crippen LogP) is 3.12. The van der Waals surface area contributed by atoms with Gasteiger partial charge < -0.3 is 15.4 Å². The summed E-state index contributed by atoms with van der Waals surface area (Å²) in [6.45, 7) is 2.88. The van der Waals surface area contributed by atoms with Crippen molar-refractivity contribution in [1.29, 1.82) is 0 Å². The van der Waals surface area contributed by atoms with Crippen molar-refractivity contribution < 1.29 is 19.2 Å². The van der Waals surface area contributed by atoms with E-state index in [0.29, 0.717) is 17.1 Å². The molecule has 2 rings (SSSR count). The number of hydrogen-bond acceptors (Lipinski definition) is 5. The van der Waals surface area contributed by atoms with Crippen LogP contribution in [0.2, 0.25) is 0 Å². The maximum absolute atomic E-state index is 12.4. The number of carbonyl (C=O) groups excluding carboxylic acids is 2. The summed E-state index contributed by atoms with van der Waals surface area (Å²) < 4.78 is 5.15. The van der Waals surface area contributed by atoms with Crippen molar-refractivity contribution in [1.82, 2.24) is 0 Å². The third-order valence-corrected chi connectivity index (χ3v) is 3.51. The summed E-state index contributed by atoms with van der Waals surface area (Å²) in [4.78, 5) is 34.2. The molecule has 8 heteroatoms. The summed E-state index contributed by atoms with van der Waals surface area (Å²) in [6, 6.07) is 9.06. The molecule has 0 aliphatic carbocycles. The Morgan fingerprint density at radius 3 is 2.48 bits per heavy atom. The van der Waals surface area contributed by atoms with E-state index in [4.69, 9.17) is 4.74 Å². The number of rotatable bonds is 5. The zero-order valence-electron chi connectivity index (χ0n) is 14.0. The van der Waals surface area contributed by atoms with E-state index in [0.717, 1.165) is 0 Å². The molecule has 0 bridgehead atoms. The molecule has 0 aliphatic heterocycles. The summed E-state index contributed by atoms with van der Waals surface area (Å²) in [7, 11) is 1.46. The molecule has 0 heterocycles. The number of nitro benzene ring substituents is 1. The summed E-state index contributed by atoms with van der Waals surface area (Å²) in [5, 5.41) is 16.3. The lowest BCUT2D eigenvalue weighted by Gasteiger charge is -2.12. The van der Waals surface area contributed by atoms with Crippen LogP contribution < -0.4 is 15.4 Å². The van der Waals surface area contributed by atoms with Crippen LogP contribution in [0.5, 0.6) is 5.75 Å². The molecule has 0 aliphatic rings. The molecule has 0 fully saturated rings. The van der Waals surface area contributed by atoms with E-state index in [9.17, 15) is 19.7 Å². The van der Waals surface area contributed by atoms with Crippen LogP contribution in [-0.4, -0.2) is 23.8 Å². The second-order valence-corrected chi connectivity index (χ2v) is 5.26. The normalized spacial score (nSPS) is 10.0. The van der Waals surface area contributed by atoms with Gasteiger partial charge in [-0.25, -0.2) is 0 Å². The zero-order chi connectivity index (χ0) is 18.6. The average molecular weight is 343 g/mol. The maximum Gasteiger partial charge on any atom is 0.273 e. The van der Waals surface area contributed by atoms with Crippen LogP contribution in [0, 0.1) is 17.0 Å². The van der Waals surface area contributed by atoms with Crippen molar-refractivity contribution in [2.75, 3.05) is 17.7 Å². The molecule has 2 N–H and O–H groups in total. The second-order valence-electron chi connectivity index (χ2n) is 5.26. The van der Waals surface area contributed by atoms with E-state index in [1.54, 1.807) is 18.2 Å². The Bertz CT molecular complexity index is 848. The van der Waals surface area contributed by atoms with Gasteiger partial charge in [-0.05, 0) is 31.2 Å². The number of hydrogen-bond donors (Lipinski definition) is 2. The van der Waals surface area contributed by atoms with Gasteiger partial charge in [-0.1, -0.05) is 6.07 Å². The highest BCUT2D eigenvalue weighted by Crippen LogP contribution is 2.28. The first-order chi connectivity index (χ1) is 11.8. The molecule has 0 spiro atoms. The molecule has 0 aromatic heterocycles. The summed E-state index contributed by atoms with van der Waals surface area (Å²) >= 11 is 0. The Hall–Kier alpha value is -3.42. The molecule has 0 unspecified atom stereocenters. The molecule has 8 nitrogen and oxygen atoms in total. The maximum atomic E-state index is 12.4. The van der Waals surface area contributed by atoms with Crippen molar-refractivity contribution in [2.24, 2.45) is 0 Å². The highest BCUT2D eigenvalue weighted by molar-refractivity contribution is 6.06. The lowest BCUT2D eigenvalue weighted by Crippen LogP contribution is -2.15. The fraction of sp³-hybridized carbons (Fsp3) is 0.176. The number of benzene rings is 2. The molecule has 0 radical (unpaired) electrons. The smallest absolute Gasteiger partial charge is 0.273 e. The summed E-state index contributed by atoms with van der Waals surface area (Å²) in [6.07, 6.45) is 0. The molecular formula is C17H17N3O5. The van der Waals surface area contributed by atoms with Crippen molar-refractivity contribution in [3.8, 4) is 5.75 Å². The average Bonchev–Trinajstić information content (AvgIpc) is 2.54. The lowest BCUT2D eigenvalue weighted by molar-refractivity contribution is -0.385. The predicted molar refractivity (Wildman–Crippen MR) is 93.1 cm³/mol. The van der Waals surface area contributed by atoms with E-state index in [2.05, 4.69) is 10.6 Å². The Labute approximate surface area is 144 Å². The van der Waals surface area contributed by atoms with E-state index in [1.807, 2.05) is 0 Å². The second kappa shape index (κ2) is 7.43. The SMILES string of the molecule is COc1ccc(NC(=O)c2cccc([N+](=O)[O-])c2C)cc1NC(C)=O.